The van der Waals surface area contributed by atoms with Gasteiger partial charge in [-0.15, -0.1) is 11.3 Å². The number of benzene rings is 2. The molecule has 0 saturated carbocycles. The number of aromatic nitrogens is 1. The van der Waals surface area contributed by atoms with Crippen LogP contribution in [0.2, 0.25) is 0 Å². The molecule has 9 heteroatoms. The fourth-order valence-electron chi connectivity index (χ4n) is 2.53. The van der Waals surface area contributed by atoms with Crippen LogP contribution in [-0.2, 0) is 21.4 Å². The predicted molar refractivity (Wildman–Crippen MR) is 110 cm³/mol. The highest BCUT2D eigenvalue weighted by Crippen LogP contribution is 2.21. The Balaban J connectivity index is 1.57. The van der Waals surface area contributed by atoms with E-state index in [0.717, 1.165) is 20.6 Å². The molecule has 1 amide bonds. The van der Waals surface area contributed by atoms with E-state index in [4.69, 9.17) is 5.26 Å². The van der Waals surface area contributed by atoms with E-state index >= 15 is 0 Å². The molecule has 0 bridgehead atoms. The maximum Gasteiger partial charge on any atom is 0.243 e. The number of nitrogens with one attached hydrogen (secondary N) is 1. The summed E-state index contributed by atoms with van der Waals surface area (Å²) < 4.78 is 26.1. The second-order valence-corrected chi connectivity index (χ2v) is 9.15. The van der Waals surface area contributed by atoms with Crippen molar-refractivity contribution < 1.29 is 13.2 Å². The monoisotopic (exact) mass is 426 g/mol. The highest BCUT2D eigenvalue weighted by atomic mass is 32.2. The molecule has 0 aliphatic rings. The first kappa shape index (κ1) is 20.7. The number of nitriles is 1. The Morgan fingerprint density at radius 3 is 2.52 bits per heavy atom. The van der Waals surface area contributed by atoms with E-state index in [1.807, 2.05) is 41.8 Å². The Kier molecular flexibility index (Phi) is 6.39. The maximum atomic E-state index is 12.6. The van der Waals surface area contributed by atoms with Crippen LogP contribution in [0.4, 0.5) is 0 Å². The van der Waals surface area contributed by atoms with Crippen molar-refractivity contribution in [1.29, 1.82) is 5.26 Å². The molecule has 1 N–H and O–H groups in total. The van der Waals surface area contributed by atoms with Crippen LogP contribution in [0.5, 0.6) is 0 Å². The molecule has 148 valence electrons. The second-order valence-electron chi connectivity index (χ2n) is 6.17. The van der Waals surface area contributed by atoms with Crippen LogP contribution in [0.3, 0.4) is 0 Å². The summed E-state index contributed by atoms with van der Waals surface area (Å²) in [6.45, 7) is -0.0969. The van der Waals surface area contributed by atoms with Crippen molar-refractivity contribution >= 4 is 27.3 Å². The molecule has 3 aromatic rings. The number of thiazole rings is 1. The van der Waals surface area contributed by atoms with E-state index in [2.05, 4.69) is 10.3 Å². The lowest BCUT2D eigenvalue weighted by Crippen LogP contribution is -2.38. The number of hydrogen-bond donors (Lipinski definition) is 1. The second kappa shape index (κ2) is 8.96. The molecule has 0 fully saturated rings. The number of sulfonamides is 1. The molecule has 0 radical (unpaired) electrons. The van der Waals surface area contributed by atoms with Gasteiger partial charge in [0.05, 0.1) is 35.3 Å². The summed E-state index contributed by atoms with van der Waals surface area (Å²) in [4.78, 5) is 16.7. The van der Waals surface area contributed by atoms with Gasteiger partial charge >= 0.3 is 0 Å². The van der Waals surface area contributed by atoms with E-state index < -0.39 is 15.9 Å². The Labute approximate surface area is 173 Å². The van der Waals surface area contributed by atoms with Crippen LogP contribution in [0.25, 0.3) is 11.3 Å². The topological polar surface area (TPSA) is 103 Å². The first-order valence-corrected chi connectivity index (χ1v) is 10.9. The zero-order valence-electron chi connectivity index (χ0n) is 15.6. The van der Waals surface area contributed by atoms with Crippen molar-refractivity contribution in [2.75, 3.05) is 13.6 Å². The number of carbonyl (C=O) groups is 1. The van der Waals surface area contributed by atoms with Gasteiger partial charge in [-0.2, -0.15) is 9.57 Å². The third-order valence-electron chi connectivity index (χ3n) is 4.12. The summed E-state index contributed by atoms with van der Waals surface area (Å²) in [5.74, 6) is -0.429. The van der Waals surface area contributed by atoms with Crippen molar-refractivity contribution in [3.8, 4) is 17.3 Å². The fourth-order valence-corrected chi connectivity index (χ4v) is 4.40. The van der Waals surface area contributed by atoms with Crippen LogP contribution in [0.15, 0.2) is 64.9 Å². The van der Waals surface area contributed by atoms with Crippen LogP contribution >= 0.6 is 11.3 Å². The molecule has 0 aliphatic heterocycles. The summed E-state index contributed by atoms with van der Waals surface area (Å²) in [6, 6.07) is 17.2. The molecule has 1 aromatic heterocycles. The molecule has 0 spiro atoms. The minimum absolute atomic E-state index is 0.0271. The van der Waals surface area contributed by atoms with Gasteiger partial charge in [-0.25, -0.2) is 13.4 Å². The number of nitrogens with zero attached hydrogens (tertiary/aromatic N) is 3. The van der Waals surface area contributed by atoms with Gasteiger partial charge in [0, 0.05) is 18.0 Å². The molecular weight excluding hydrogens is 408 g/mol. The summed E-state index contributed by atoms with van der Waals surface area (Å²) >= 11 is 1.43. The minimum Gasteiger partial charge on any atom is -0.348 e. The number of amides is 1. The van der Waals surface area contributed by atoms with Gasteiger partial charge in [-0.1, -0.05) is 30.3 Å². The van der Waals surface area contributed by atoms with Crippen molar-refractivity contribution in [2.24, 2.45) is 0 Å². The smallest absolute Gasteiger partial charge is 0.243 e. The molecule has 0 atom stereocenters. The zero-order chi connectivity index (χ0) is 20.9. The average molecular weight is 427 g/mol. The van der Waals surface area contributed by atoms with Crippen LogP contribution in [0, 0.1) is 11.3 Å². The Bertz CT molecular complexity index is 1130. The third kappa shape index (κ3) is 5.06. The van der Waals surface area contributed by atoms with E-state index in [1.165, 1.54) is 42.6 Å². The quantitative estimate of drug-likeness (QED) is 0.626. The third-order valence-corrected chi connectivity index (χ3v) is 6.78. The Hall–Kier alpha value is -3.06. The summed E-state index contributed by atoms with van der Waals surface area (Å²) in [5.41, 5.74) is 2.19. The zero-order valence-corrected chi connectivity index (χ0v) is 17.2. The van der Waals surface area contributed by atoms with Crippen molar-refractivity contribution in [1.82, 2.24) is 14.6 Å². The normalized spacial score (nSPS) is 11.2. The van der Waals surface area contributed by atoms with Gasteiger partial charge in [0.1, 0.15) is 5.01 Å². The molecule has 1 heterocycles. The fraction of sp³-hybridized carbons (Fsp3) is 0.150. The van der Waals surface area contributed by atoms with Crippen molar-refractivity contribution in [3.63, 3.8) is 0 Å². The van der Waals surface area contributed by atoms with Gasteiger partial charge in [0.15, 0.2) is 0 Å². The first-order chi connectivity index (χ1) is 13.9. The molecule has 29 heavy (non-hydrogen) atoms. The largest absolute Gasteiger partial charge is 0.348 e. The van der Waals surface area contributed by atoms with E-state index in [0.29, 0.717) is 5.56 Å². The lowest BCUT2D eigenvalue weighted by atomic mass is 10.2. The molecule has 0 saturated heterocycles. The minimum atomic E-state index is -3.82. The average Bonchev–Trinajstić information content (AvgIpc) is 3.22. The molecular formula is C20H18N4O3S2. The van der Waals surface area contributed by atoms with Crippen molar-refractivity contribution in [3.05, 3.63) is 70.5 Å². The number of likely N-dealkylation sites (N-methyl/N-ethyl adjacent to an activating group) is 1. The molecule has 3 rings (SSSR count). The summed E-state index contributed by atoms with van der Waals surface area (Å²) in [6.07, 6.45) is 0. The van der Waals surface area contributed by atoms with Gasteiger partial charge in [-0.05, 0) is 24.3 Å². The van der Waals surface area contributed by atoms with E-state index in [9.17, 15) is 13.2 Å². The molecule has 0 unspecified atom stereocenters. The molecule has 0 aliphatic carbocycles. The Morgan fingerprint density at radius 2 is 1.86 bits per heavy atom. The van der Waals surface area contributed by atoms with Crippen LogP contribution in [-0.4, -0.2) is 37.2 Å². The Morgan fingerprint density at radius 1 is 1.17 bits per heavy atom. The number of carbonyl (C=O) groups excluding carboxylic acids is 1. The highest BCUT2D eigenvalue weighted by molar-refractivity contribution is 7.89. The molecule has 2 aromatic carbocycles. The van der Waals surface area contributed by atoms with Gasteiger partial charge in [-0.3, -0.25) is 4.79 Å². The van der Waals surface area contributed by atoms with Gasteiger partial charge in [0.2, 0.25) is 15.9 Å². The summed E-state index contributed by atoms with van der Waals surface area (Å²) in [5, 5.41) is 14.2. The first-order valence-electron chi connectivity index (χ1n) is 8.63. The van der Waals surface area contributed by atoms with Gasteiger partial charge < -0.3 is 5.32 Å². The highest BCUT2D eigenvalue weighted by Gasteiger charge is 2.23. The van der Waals surface area contributed by atoms with E-state index in [1.54, 1.807) is 0 Å². The lowest BCUT2D eigenvalue weighted by Gasteiger charge is -2.16. The SMILES string of the molecule is CN(CC(=O)NCc1nc(-c2ccccc2)cs1)S(=O)(=O)c1ccc(C#N)cc1. The maximum absolute atomic E-state index is 12.6. The number of rotatable bonds is 7. The molecule has 7 nitrogen and oxygen atoms in total. The predicted octanol–water partition coefficient (Wildman–Crippen LogP) is 2.62. The van der Waals surface area contributed by atoms with E-state index in [-0.39, 0.29) is 18.0 Å². The van der Waals surface area contributed by atoms with Gasteiger partial charge in [0.25, 0.3) is 0 Å². The lowest BCUT2D eigenvalue weighted by molar-refractivity contribution is -0.121. The van der Waals surface area contributed by atoms with Crippen molar-refractivity contribution in [2.45, 2.75) is 11.4 Å². The summed E-state index contributed by atoms with van der Waals surface area (Å²) in [7, 11) is -2.49. The number of hydrogen-bond acceptors (Lipinski definition) is 6. The van der Waals surface area contributed by atoms with Crippen LogP contribution in [0.1, 0.15) is 10.6 Å². The standard InChI is InChI=1S/C20H18N4O3S2/c1-24(29(26,27)17-9-7-15(11-21)8-10-17)13-19(25)22-12-20-23-18(14-28-20)16-5-3-2-4-6-16/h2-10,14H,12-13H2,1H3,(H,22,25). The van der Waals surface area contributed by atoms with Crippen LogP contribution < -0.4 is 5.32 Å².